The number of aromatic amines is 1. The fraction of sp³-hybridized carbons (Fsp3) is 0.476. The first kappa shape index (κ1) is 19.6. The van der Waals surface area contributed by atoms with Crippen LogP contribution >= 0.6 is 0 Å². The molecule has 0 saturated carbocycles. The van der Waals surface area contributed by atoms with Crippen LogP contribution in [0.4, 0.5) is 0 Å². The van der Waals surface area contributed by atoms with Gasteiger partial charge in [-0.15, -0.1) is 0 Å². The molecule has 4 rings (SSSR count). The van der Waals surface area contributed by atoms with Crippen molar-refractivity contribution in [2.75, 3.05) is 40.0 Å². The van der Waals surface area contributed by atoms with Crippen LogP contribution in [0.1, 0.15) is 24.0 Å². The summed E-state index contributed by atoms with van der Waals surface area (Å²) in [4.78, 5) is 26.2. The van der Waals surface area contributed by atoms with E-state index in [9.17, 15) is 4.79 Å². The molecule has 0 amide bonds. The van der Waals surface area contributed by atoms with Crippen LogP contribution in [0.2, 0.25) is 0 Å². The highest BCUT2D eigenvalue weighted by atomic mass is 16.5. The SMILES string of the molecule is COCCOc1ncc2[nH]c(=O)n(Cc3ccc(CCN4CCCC4)cc3)c2n1. The van der Waals surface area contributed by atoms with Gasteiger partial charge in [-0.3, -0.25) is 4.57 Å². The Morgan fingerprint density at radius 2 is 1.86 bits per heavy atom. The summed E-state index contributed by atoms with van der Waals surface area (Å²) in [6.07, 6.45) is 5.27. The number of H-pyrrole nitrogens is 1. The van der Waals surface area contributed by atoms with Gasteiger partial charge < -0.3 is 19.4 Å². The standard InChI is InChI=1S/C21H27N5O3/c1-28-12-13-29-20-22-14-18-19(24-20)26(21(27)23-18)15-17-6-4-16(5-7-17)8-11-25-9-2-3-10-25/h4-7,14H,2-3,8-13,15H2,1H3,(H,23,27). The number of benzene rings is 1. The summed E-state index contributed by atoms with van der Waals surface area (Å²) in [6, 6.07) is 8.71. The van der Waals surface area contributed by atoms with Crippen molar-refractivity contribution in [3.8, 4) is 6.01 Å². The summed E-state index contributed by atoms with van der Waals surface area (Å²) in [5, 5.41) is 0. The van der Waals surface area contributed by atoms with Gasteiger partial charge in [0.25, 0.3) is 0 Å². The Balaban J connectivity index is 1.45. The number of imidazole rings is 1. The Labute approximate surface area is 169 Å². The Morgan fingerprint density at radius 1 is 1.10 bits per heavy atom. The highest BCUT2D eigenvalue weighted by Gasteiger charge is 2.12. The van der Waals surface area contributed by atoms with Crippen LogP contribution in [-0.2, 0) is 17.7 Å². The Kier molecular flexibility index (Phi) is 6.21. The monoisotopic (exact) mass is 397 g/mol. The van der Waals surface area contributed by atoms with Gasteiger partial charge in [0.2, 0.25) is 0 Å². The van der Waals surface area contributed by atoms with E-state index in [0.717, 1.165) is 18.5 Å². The highest BCUT2D eigenvalue weighted by Crippen LogP contribution is 2.14. The lowest BCUT2D eigenvalue weighted by atomic mass is 10.1. The molecule has 1 aromatic carbocycles. The van der Waals surface area contributed by atoms with Crippen LogP contribution < -0.4 is 10.4 Å². The van der Waals surface area contributed by atoms with Gasteiger partial charge in [-0.2, -0.15) is 4.98 Å². The van der Waals surface area contributed by atoms with Gasteiger partial charge in [-0.1, -0.05) is 24.3 Å². The molecule has 1 saturated heterocycles. The van der Waals surface area contributed by atoms with E-state index < -0.39 is 0 Å². The van der Waals surface area contributed by atoms with E-state index in [1.165, 1.54) is 31.5 Å². The second-order valence-electron chi connectivity index (χ2n) is 7.36. The average Bonchev–Trinajstić information content (AvgIpc) is 3.36. The molecule has 0 bridgehead atoms. The number of aromatic nitrogens is 4. The fourth-order valence-electron chi connectivity index (χ4n) is 3.65. The smallest absolute Gasteiger partial charge is 0.328 e. The minimum atomic E-state index is -0.207. The lowest BCUT2D eigenvalue weighted by molar-refractivity contribution is 0.141. The molecule has 154 valence electrons. The van der Waals surface area contributed by atoms with E-state index >= 15 is 0 Å². The van der Waals surface area contributed by atoms with E-state index in [1.807, 2.05) is 0 Å². The largest absolute Gasteiger partial charge is 0.461 e. The van der Waals surface area contributed by atoms with Gasteiger partial charge in [-0.25, -0.2) is 9.78 Å². The summed E-state index contributed by atoms with van der Waals surface area (Å²) >= 11 is 0. The second kappa shape index (κ2) is 9.19. The van der Waals surface area contributed by atoms with Crippen LogP contribution in [0.3, 0.4) is 0 Å². The lowest BCUT2D eigenvalue weighted by Crippen LogP contribution is -2.22. The first-order valence-corrected chi connectivity index (χ1v) is 10.1. The molecule has 29 heavy (non-hydrogen) atoms. The maximum absolute atomic E-state index is 12.4. The zero-order chi connectivity index (χ0) is 20.1. The molecule has 2 aromatic heterocycles. The van der Waals surface area contributed by atoms with Gasteiger partial charge in [-0.05, 0) is 43.5 Å². The molecule has 0 aliphatic carbocycles. The van der Waals surface area contributed by atoms with Crippen molar-refractivity contribution in [3.05, 3.63) is 52.1 Å². The van der Waals surface area contributed by atoms with Crippen molar-refractivity contribution in [3.63, 3.8) is 0 Å². The topological polar surface area (TPSA) is 85.3 Å². The minimum Gasteiger partial charge on any atom is -0.461 e. The number of nitrogens with one attached hydrogen (secondary N) is 1. The fourth-order valence-corrected chi connectivity index (χ4v) is 3.65. The van der Waals surface area contributed by atoms with E-state index in [1.54, 1.807) is 17.9 Å². The summed E-state index contributed by atoms with van der Waals surface area (Å²) in [7, 11) is 1.61. The van der Waals surface area contributed by atoms with Crippen LogP contribution in [-0.4, -0.2) is 64.4 Å². The third kappa shape index (κ3) is 4.83. The number of rotatable bonds is 9. The molecular formula is C21H27N5O3. The third-order valence-corrected chi connectivity index (χ3v) is 5.29. The maximum Gasteiger partial charge on any atom is 0.328 e. The highest BCUT2D eigenvalue weighted by molar-refractivity contribution is 5.69. The predicted octanol–water partition coefficient (Wildman–Crippen LogP) is 1.83. The average molecular weight is 397 g/mol. The number of likely N-dealkylation sites (tertiary alicyclic amines) is 1. The van der Waals surface area contributed by atoms with Crippen LogP contribution in [0.25, 0.3) is 11.2 Å². The van der Waals surface area contributed by atoms with Gasteiger partial charge >= 0.3 is 11.7 Å². The Hall–Kier alpha value is -2.71. The zero-order valence-corrected chi connectivity index (χ0v) is 16.8. The van der Waals surface area contributed by atoms with E-state index in [0.29, 0.717) is 30.9 Å². The van der Waals surface area contributed by atoms with E-state index in [-0.39, 0.29) is 11.7 Å². The molecule has 1 N–H and O–H groups in total. The zero-order valence-electron chi connectivity index (χ0n) is 16.8. The van der Waals surface area contributed by atoms with Crippen molar-refractivity contribution in [1.29, 1.82) is 0 Å². The molecule has 8 heteroatoms. The molecule has 0 unspecified atom stereocenters. The molecule has 1 aliphatic heterocycles. The normalized spacial score (nSPS) is 14.7. The number of hydrogen-bond donors (Lipinski definition) is 1. The van der Waals surface area contributed by atoms with Gasteiger partial charge in [0.05, 0.1) is 19.3 Å². The first-order chi connectivity index (χ1) is 14.2. The number of fused-ring (bicyclic) bond motifs is 1. The molecule has 8 nitrogen and oxygen atoms in total. The van der Waals surface area contributed by atoms with Crippen LogP contribution in [0.5, 0.6) is 6.01 Å². The molecule has 0 atom stereocenters. The van der Waals surface area contributed by atoms with Crippen molar-refractivity contribution in [1.82, 2.24) is 24.4 Å². The van der Waals surface area contributed by atoms with Crippen LogP contribution in [0.15, 0.2) is 35.3 Å². The number of nitrogens with zero attached hydrogens (tertiary/aromatic N) is 4. The van der Waals surface area contributed by atoms with Crippen molar-refractivity contribution >= 4 is 11.2 Å². The second-order valence-corrected chi connectivity index (χ2v) is 7.36. The van der Waals surface area contributed by atoms with E-state index in [2.05, 4.69) is 44.1 Å². The molecule has 3 heterocycles. The quantitative estimate of drug-likeness (QED) is 0.555. The Morgan fingerprint density at radius 3 is 2.62 bits per heavy atom. The van der Waals surface area contributed by atoms with E-state index in [4.69, 9.17) is 9.47 Å². The maximum atomic E-state index is 12.4. The Bertz CT molecular complexity index is 990. The summed E-state index contributed by atoms with van der Waals surface area (Å²) in [5.41, 5.74) is 3.30. The van der Waals surface area contributed by atoms with Gasteiger partial charge in [0, 0.05) is 13.7 Å². The summed E-state index contributed by atoms with van der Waals surface area (Å²) in [6.45, 7) is 4.81. The van der Waals surface area contributed by atoms with Crippen molar-refractivity contribution in [2.24, 2.45) is 0 Å². The number of methoxy groups -OCH3 is 1. The van der Waals surface area contributed by atoms with Crippen molar-refractivity contribution < 1.29 is 9.47 Å². The van der Waals surface area contributed by atoms with Crippen LogP contribution in [0, 0.1) is 0 Å². The van der Waals surface area contributed by atoms with Gasteiger partial charge in [0.15, 0.2) is 5.65 Å². The van der Waals surface area contributed by atoms with Gasteiger partial charge in [0.1, 0.15) is 12.1 Å². The predicted molar refractivity (Wildman–Crippen MR) is 110 cm³/mol. The molecule has 1 fully saturated rings. The number of hydrogen-bond acceptors (Lipinski definition) is 6. The molecule has 0 radical (unpaired) electrons. The minimum absolute atomic E-state index is 0.207. The molecule has 1 aliphatic rings. The van der Waals surface area contributed by atoms with Crippen molar-refractivity contribution in [2.45, 2.75) is 25.8 Å². The molecule has 3 aromatic rings. The summed E-state index contributed by atoms with van der Waals surface area (Å²) in [5.74, 6) is 0. The lowest BCUT2D eigenvalue weighted by Gasteiger charge is -2.14. The first-order valence-electron chi connectivity index (χ1n) is 10.1. The summed E-state index contributed by atoms with van der Waals surface area (Å²) < 4.78 is 12.1. The molecular weight excluding hydrogens is 370 g/mol. The molecule has 0 spiro atoms. The third-order valence-electron chi connectivity index (χ3n) is 5.29. The number of ether oxygens (including phenoxy) is 2.